The maximum absolute atomic E-state index is 12.2. The van der Waals surface area contributed by atoms with E-state index in [1.54, 1.807) is 12.1 Å². The van der Waals surface area contributed by atoms with Crippen molar-refractivity contribution in [2.75, 3.05) is 18.7 Å². The van der Waals surface area contributed by atoms with Gasteiger partial charge in [-0.05, 0) is 54.2 Å². The van der Waals surface area contributed by atoms with Crippen molar-refractivity contribution < 1.29 is 19.0 Å². The minimum atomic E-state index is -0.846. The summed E-state index contributed by atoms with van der Waals surface area (Å²) in [4.78, 5) is 12.2. The van der Waals surface area contributed by atoms with E-state index >= 15 is 0 Å². The van der Waals surface area contributed by atoms with Crippen LogP contribution in [0.5, 0.6) is 5.75 Å². The van der Waals surface area contributed by atoms with Gasteiger partial charge in [-0.15, -0.1) is 0 Å². The Balaban J connectivity index is 1.50. The number of ether oxygens (including phenoxy) is 1. The molecule has 3 rings (SSSR count). The molecule has 0 unspecified atom stereocenters. The molecule has 1 atom stereocenters. The van der Waals surface area contributed by atoms with E-state index in [9.17, 15) is 14.3 Å². The van der Waals surface area contributed by atoms with Gasteiger partial charge in [0.05, 0.1) is 6.10 Å². The summed E-state index contributed by atoms with van der Waals surface area (Å²) in [6.07, 6.45) is 2.47. The van der Waals surface area contributed by atoms with Gasteiger partial charge >= 0.3 is 6.03 Å². The molecule has 2 amide bonds. The highest BCUT2D eigenvalue weighted by atomic mass is 19.1. The molecule has 5 nitrogen and oxygen atoms in total. The Hall–Kier alpha value is -2.60. The van der Waals surface area contributed by atoms with Crippen LogP contribution in [0.3, 0.4) is 0 Å². The summed E-state index contributed by atoms with van der Waals surface area (Å²) in [7, 11) is 0. The minimum Gasteiger partial charge on any atom is -0.463 e. The smallest absolute Gasteiger partial charge is 0.319 e. The van der Waals surface area contributed by atoms with Gasteiger partial charge in [0, 0.05) is 18.7 Å². The first kappa shape index (κ1) is 18.2. The first-order valence-corrected chi connectivity index (χ1v) is 8.77. The monoisotopic (exact) mass is 358 g/mol. The number of nitrogens with one attached hydrogen (secondary N) is 2. The lowest BCUT2D eigenvalue weighted by molar-refractivity contribution is 0.159. The van der Waals surface area contributed by atoms with E-state index < -0.39 is 6.86 Å². The summed E-state index contributed by atoms with van der Waals surface area (Å²) < 4.78 is 16.8. The Morgan fingerprint density at radius 1 is 1.23 bits per heavy atom. The zero-order valence-electron chi connectivity index (χ0n) is 14.5. The molecule has 0 spiro atoms. The molecule has 0 saturated carbocycles. The number of halogens is 1. The Kier molecular flexibility index (Phi) is 6.07. The minimum absolute atomic E-state index is 0.268. The lowest BCUT2D eigenvalue weighted by Crippen LogP contribution is -2.31. The molecule has 0 fully saturated rings. The average Bonchev–Trinajstić information content (AvgIpc) is 2.64. The van der Waals surface area contributed by atoms with E-state index in [1.165, 1.54) is 5.56 Å². The number of fused-ring (bicyclic) bond motifs is 1. The second-order valence-corrected chi connectivity index (χ2v) is 6.37. The van der Waals surface area contributed by atoms with Gasteiger partial charge in [0.15, 0.2) is 0 Å². The number of rotatable bonds is 6. The molecule has 1 aliphatic rings. The zero-order valence-corrected chi connectivity index (χ0v) is 14.5. The van der Waals surface area contributed by atoms with Gasteiger partial charge < -0.3 is 20.5 Å². The predicted molar refractivity (Wildman–Crippen MR) is 98.2 cm³/mol. The number of benzene rings is 2. The third-order valence-electron chi connectivity index (χ3n) is 4.55. The van der Waals surface area contributed by atoms with Crippen molar-refractivity contribution in [3.8, 4) is 5.75 Å². The van der Waals surface area contributed by atoms with Gasteiger partial charge in [-0.1, -0.05) is 24.3 Å². The van der Waals surface area contributed by atoms with Crippen LogP contribution in [0.2, 0.25) is 0 Å². The van der Waals surface area contributed by atoms with Crippen LogP contribution >= 0.6 is 0 Å². The molecule has 2 aromatic carbocycles. The van der Waals surface area contributed by atoms with Crippen LogP contribution in [-0.4, -0.2) is 30.6 Å². The van der Waals surface area contributed by atoms with Crippen LogP contribution in [0.1, 0.15) is 23.1 Å². The summed E-state index contributed by atoms with van der Waals surface area (Å²) in [5.41, 5.74) is 3.98. The van der Waals surface area contributed by atoms with Gasteiger partial charge in [0.25, 0.3) is 0 Å². The third kappa shape index (κ3) is 4.73. The van der Waals surface area contributed by atoms with Crippen molar-refractivity contribution in [3.05, 3.63) is 59.2 Å². The van der Waals surface area contributed by atoms with Crippen molar-refractivity contribution in [2.24, 2.45) is 0 Å². The average molecular weight is 358 g/mol. The molecule has 138 valence electrons. The molecule has 0 saturated heterocycles. The molecule has 3 N–H and O–H groups in total. The fraction of sp³-hybridized carbons (Fsp3) is 0.350. The van der Waals surface area contributed by atoms with Crippen molar-refractivity contribution in [1.82, 2.24) is 5.32 Å². The van der Waals surface area contributed by atoms with E-state index in [0.717, 1.165) is 29.7 Å². The Morgan fingerprint density at radius 2 is 2.04 bits per heavy atom. The fourth-order valence-electron chi connectivity index (χ4n) is 3.19. The van der Waals surface area contributed by atoms with Crippen molar-refractivity contribution >= 4 is 11.7 Å². The van der Waals surface area contributed by atoms with Crippen molar-refractivity contribution in [3.63, 3.8) is 0 Å². The topological polar surface area (TPSA) is 70.6 Å². The van der Waals surface area contributed by atoms with Gasteiger partial charge in [-0.25, -0.2) is 9.18 Å². The number of amides is 2. The molecule has 0 aromatic heterocycles. The summed E-state index contributed by atoms with van der Waals surface area (Å²) in [6.45, 7) is -0.367. The number of carbonyl (C=O) groups is 1. The Bertz CT molecular complexity index is 749. The van der Waals surface area contributed by atoms with Gasteiger partial charge in [-0.3, -0.25) is 0 Å². The predicted octanol–water partition coefficient (Wildman–Crippen LogP) is 3.21. The van der Waals surface area contributed by atoms with Crippen LogP contribution in [0.15, 0.2) is 42.5 Å². The standard InChI is InChI=1S/C20H23FN2O3/c21-13-26-17-8-4-14(5-9-17)10-11-22-20(25)23-19-3-1-2-15-6-7-16(24)12-18(15)19/h1-5,8-9,16,24H,6-7,10-13H2,(H2,22,23,25)/t16-/m1/s1. The second-order valence-electron chi connectivity index (χ2n) is 6.37. The number of aliphatic hydroxyl groups excluding tert-OH is 1. The molecule has 6 heteroatoms. The number of hydrogen-bond acceptors (Lipinski definition) is 3. The van der Waals surface area contributed by atoms with Gasteiger partial charge in [-0.2, -0.15) is 0 Å². The number of aryl methyl sites for hydroxylation is 1. The molecular formula is C20H23FN2O3. The van der Waals surface area contributed by atoms with Crippen LogP contribution < -0.4 is 15.4 Å². The highest BCUT2D eigenvalue weighted by molar-refractivity contribution is 5.90. The number of urea groups is 1. The van der Waals surface area contributed by atoms with Gasteiger partial charge in [0.2, 0.25) is 6.86 Å². The molecular weight excluding hydrogens is 335 g/mol. The van der Waals surface area contributed by atoms with E-state index in [0.29, 0.717) is 25.1 Å². The molecule has 0 heterocycles. The lowest BCUT2D eigenvalue weighted by atomic mass is 9.88. The first-order valence-electron chi connectivity index (χ1n) is 8.77. The maximum atomic E-state index is 12.2. The largest absolute Gasteiger partial charge is 0.463 e. The molecule has 0 aliphatic heterocycles. The molecule has 26 heavy (non-hydrogen) atoms. The van der Waals surface area contributed by atoms with Crippen molar-refractivity contribution in [2.45, 2.75) is 31.8 Å². The summed E-state index contributed by atoms with van der Waals surface area (Å²) in [6, 6.07) is 12.7. The Morgan fingerprint density at radius 3 is 2.81 bits per heavy atom. The van der Waals surface area contributed by atoms with Crippen LogP contribution in [0.25, 0.3) is 0 Å². The molecule has 2 aromatic rings. The summed E-state index contributed by atoms with van der Waals surface area (Å²) >= 11 is 0. The quantitative estimate of drug-likeness (QED) is 0.743. The number of aliphatic hydroxyl groups is 1. The van der Waals surface area contributed by atoms with Crippen LogP contribution in [0.4, 0.5) is 14.9 Å². The molecule has 1 aliphatic carbocycles. The van der Waals surface area contributed by atoms with Crippen LogP contribution in [-0.2, 0) is 19.3 Å². The van der Waals surface area contributed by atoms with Gasteiger partial charge in [0.1, 0.15) is 5.75 Å². The molecule has 0 bridgehead atoms. The first-order chi connectivity index (χ1) is 12.7. The number of anilines is 1. The maximum Gasteiger partial charge on any atom is 0.319 e. The summed E-state index contributed by atoms with van der Waals surface area (Å²) in [5, 5.41) is 15.6. The highest BCUT2D eigenvalue weighted by Crippen LogP contribution is 2.28. The number of alkyl halides is 1. The third-order valence-corrected chi connectivity index (χ3v) is 4.55. The van der Waals surface area contributed by atoms with E-state index in [2.05, 4.69) is 10.6 Å². The Labute approximate surface area is 152 Å². The lowest BCUT2D eigenvalue weighted by Gasteiger charge is -2.23. The number of hydrogen-bond donors (Lipinski definition) is 3. The van der Waals surface area contributed by atoms with E-state index in [4.69, 9.17) is 4.74 Å². The highest BCUT2D eigenvalue weighted by Gasteiger charge is 2.19. The summed E-state index contributed by atoms with van der Waals surface area (Å²) in [5.74, 6) is 0.484. The molecule has 0 radical (unpaired) electrons. The zero-order chi connectivity index (χ0) is 18.4. The fourth-order valence-corrected chi connectivity index (χ4v) is 3.19. The second kappa shape index (κ2) is 8.67. The van der Waals surface area contributed by atoms with Crippen molar-refractivity contribution in [1.29, 1.82) is 0 Å². The van der Waals surface area contributed by atoms with Crippen LogP contribution in [0, 0.1) is 0 Å². The van der Waals surface area contributed by atoms with E-state index in [1.807, 2.05) is 30.3 Å². The number of carbonyl (C=O) groups excluding carboxylic acids is 1. The normalized spacial score (nSPS) is 15.8. The SMILES string of the molecule is O=C(NCCc1ccc(OCF)cc1)Nc1cccc2c1C[C@H](O)CC2. The van der Waals surface area contributed by atoms with E-state index in [-0.39, 0.29) is 12.1 Å².